The lowest BCUT2D eigenvalue weighted by Crippen LogP contribution is -2.31. The van der Waals surface area contributed by atoms with Crippen molar-refractivity contribution in [3.05, 3.63) is 46.8 Å². The van der Waals surface area contributed by atoms with Crippen LogP contribution in [0.2, 0.25) is 0 Å². The fraction of sp³-hybridized carbons (Fsp3) is 0.412. The maximum Gasteiger partial charge on any atom is 0.321 e. The minimum absolute atomic E-state index is 0.0513. The summed E-state index contributed by atoms with van der Waals surface area (Å²) in [6, 6.07) is 7.73. The van der Waals surface area contributed by atoms with Crippen LogP contribution >= 0.6 is 0 Å². The second kappa shape index (κ2) is 7.79. The molecule has 1 heterocycles. The lowest BCUT2D eigenvalue weighted by molar-refractivity contribution is -0.143. The van der Waals surface area contributed by atoms with Crippen molar-refractivity contribution >= 4 is 16.0 Å². The first kappa shape index (κ1) is 19.1. The van der Waals surface area contributed by atoms with Gasteiger partial charge in [0.05, 0.1) is 0 Å². The molecule has 136 valence electrons. The fourth-order valence-corrected chi connectivity index (χ4v) is 3.59. The Labute approximate surface area is 147 Å². The summed E-state index contributed by atoms with van der Waals surface area (Å²) in [7, 11) is -3.88. The highest BCUT2D eigenvalue weighted by atomic mass is 32.2. The SMILES string of the molecule is Cc1noc(C)c1S(=O)(=O)NCC(=O)OCc1ccc(C(C)C)cc1. The first-order valence-corrected chi connectivity index (χ1v) is 9.36. The van der Waals surface area contributed by atoms with Crippen LogP contribution in [0.4, 0.5) is 0 Å². The molecule has 0 saturated carbocycles. The number of aryl methyl sites for hydroxylation is 2. The molecular formula is C17H22N2O5S. The number of nitrogens with zero attached hydrogens (tertiary/aromatic N) is 1. The Hall–Kier alpha value is -2.19. The zero-order valence-electron chi connectivity index (χ0n) is 14.7. The summed E-state index contributed by atoms with van der Waals surface area (Å²) in [5.74, 6) is -0.0674. The summed E-state index contributed by atoms with van der Waals surface area (Å²) in [6.45, 7) is 6.83. The lowest BCUT2D eigenvalue weighted by Gasteiger charge is -2.09. The quantitative estimate of drug-likeness (QED) is 0.756. The third kappa shape index (κ3) is 4.90. The number of carbonyl (C=O) groups is 1. The molecule has 0 fully saturated rings. The largest absolute Gasteiger partial charge is 0.460 e. The molecule has 2 rings (SSSR count). The molecule has 0 aliphatic rings. The molecule has 0 amide bonds. The van der Waals surface area contributed by atoms with Crippen molar-refractivity contribution in [2.75, 3.05) is 6.54 Å². The molecule has 8 heteroatoms. The zero-order chi connectivity index (χ0) is 18.6. The van der Waals surface area contributed by atoms with E-state index in [1.807, 2.05) is 24.3 Å². The molecular weight excluding hydrogens is 344 g/mol. The summed E-state index contributed by atoms with van der Waals surface area (Å²) in [5.41, 5.74) is 2.28. The van der Waals surface area contributed by atoms with Gasteiger partial charge in [-0.15, -0.1) is 0 Å². The Balaban J connectivity index is 1.88. The van der Waals surface area contributed by atoms with E-state index in [0.29, 0.717) is 5.92 Å². The normalized spacial score (nSPS) is 11.7. The number of carbonyl (C=O) groups excluding carboxylic acids is 1. The first-order valence-electron chi connectivity index (χ1n) is 7.87. The van der Waals surface area contributed by atoms with Crippen LogP contribution in [0.1, 0.15) is 42.3 Å². The number of hydrogen-bond donors (Lipinski definition) is 1. The minimum atomic E-state index is -3.88. The van der Waals surface area contributed by atoms with Gasteiger partial charge in [0.15, 0.2) is 5.76 Å². The summed E-state index contributed by atoms with van der Waals surface area (Å²) < 4.78 is 36.5. The number of rotatable bonds is 7. The Kier molecular flexibility index (Phi) is 5.97. The number of ether oxygens (including phenoxy) is 1. The standard InChI is InChI=1S/C17H22N2O5S/c1-11(2)15-7-5-14(6-8-15)10-23-16(20)9-18-25(21,22)17-12(3)19-24-13(17)4/h5-8,11,18H,9-10H2,1-4H3. The lowest BCUT2D eigenvalue weighted by atomic mass is 10.0. The molecule has 2 aromatic rings. The Morgan fingerprint density at radius 3 is 2.40 bits per heavy atom. The van der Waals surface area contributed by atoms with Crippen molar-refractivity contribution in [1.82, 2.24) is 9.88 Å². The molecule has 1 aromatic heterocycles. The average Bonchev–Trinajstić information content (AvgIpc) is 2.91. The molecule has 0 aliphatic carbocycles. The maximum absolute atomic E-state index is 12.2. The van der Waals surface area contributed by atoms with Gasteiger partial charge in [0.2, 0.25) is 10.0 Å². The van der Waals surface area contributed by atoms with Crippen LogP contribution in [-0.4, -0.2) is 26.1 Å². The van der Waals surface area contributed by atoms with E-state index in [9.17, 15) is 13.2 Å². The Bertz CT molecular complexity index is 819. The summed E-state index contributed by atoms with van der Waals surface area (Å²) in [5, 5.41) is 3.59. The van der Waals surface area contributed by atoms with Crippen LogP contribution in [0.3, 0.4) is 0 Å². The Morgan fingerprint density at radius 2 is 1.88 bits per heavy atom. The second-order valence-electron chi connectivity index (χ2n) is 6.03. The van der Waals surface area contributed by atoms with Crippen molar-refractivity contribution < 1.29 is 22.5 Å². The van der Waals surface area contributed by atoms with Crippen LogP contribution in [0.25, 0.3) is 0 Å². The van der Waals surface area contributed by atoms with Crippen molar-refractivity contribution in [2.24, 2.45) is 0 Å². The van der Waals surface area contributed by atoms with E-state index in [0.717, 1.165) is 5.56 Å². The third-order valence-corrected chi connectivity index (χ3v) is 5.33. The number of nitrogens with one attached hydrogen (secondary N) is 1. The van der Waals surface area contributed by atoms with E-state index in [-0.39, 0.29) is 23.0 Å². The average molecular weight is 366 g/mol. The van der Waals surface area contributed by atoms with Gasteiger partial charge in [-0.3, -0.25) is 4.79 Å². The van der Waals surface area contributed by atoms with Gasteiger partial charge >= 0.3 is 5.97 Å². The van der Waals surface area contributed by atoms with Crippen molar-refractivity contribution in [3.63, 3.8) is 0 Å². The monoisotopic (exact) mass is 366 g/mol. The van der Waals surface area contributed by atoms with Crippen molar-refractivity contribution in [2.45, 2.75) is 45.1 Å². The molecule has 25 heavy (non-hydrogen) atoms. The van der Waals surface area contributed by atoms with E-state index >= 15 is 0 Å². The highest BCUT2D eigenvalue weighted by Crippen LogP contribution is 2.18. The first-order chi connectivity index (χ1) is 11.7. The number of hydrogen-bond acceptors (Lipinski definition) is 6. The molecule has 0 radical (unpaired) electrons. The van der Waals surface area contributed by atoms with Crippen LogP contribution < -0.4 is 4.72 Å². The molecule has 0 aliphatic heterocycles. The fourth-order valence-electron chi connectivity index (χ4n) is 2.30. The molecule has 0 spiro atoms. The number of benzene rings is 1. The summed E-state index contributed by atoms with van der Waals surface area (Å²) in [6.07, 6.45) is 0. The van der Waals surface area contributed by atoms with Gasteiger partial charge in [0.25, 0.3) is 0 Å². The van der Waals surface area contributed by atoms with Crippen molar-refractivity contribution in [1.29, 1.82) is 0 Å². The third-order valence-electron chi connectivity index (χ3n) is 3.69. The molecule has 1 N–H and O–H groups in total. The minimum Gasteiger partial charge on any atom is -0.460 e. The van der Waals surface area contributed by atoms with Gasteiger partial charge < -0.3 is 9.26 Å². The van der Waals surface area contributed by atoms with E-state index in [1.54, 1.807) is 0 Å². The molecule has 0 saturated heterocycles. The topological polar surface area (TPSA) is 98.5 Å². The molecule has 0 unspecified atom stereocenters. The molecule has 7 nitrogen and oxygen atoms in total. The van der Waals surface area contributed by atoms with Gasteiger partial charge in [0, 0.05) is 0 Å². The predicted octanol–water partition coefficient (Wildman–Crippen LogP) is 2.44. The summed E-state index contributed by atoms with van der Waals surface area (Å²) in [4.78, 5) is 11.7. The zero-order valence-corrected chi connectivity index (χ0v) is 15.5. The van der Waals surface area contributed by atoms with E-state index < -0.39 is 22.5 Å². The molecule has 0 bridgehead atoms. The highest BCUT2D eigenvalue weighted by molar-refractivity contribution is 7.89. The van der Waals surface area contributed by atoms with Gasteiger partial charge in [-0.1, -0.05) is 43.3 Å². The highest BCUT2D eigenvalue weighted by Gasteiger charge is 2.24. The van der Waals surface area contributed by atoms with Crippen LogP contribution in [-0.2, 0) is 26.2 Å². The molecule has 1 aromatic carbocycles. The second-order valence-corrected chi connectivity index (χ2v) is 7.74. The van der Waals surface area contributed by atoms with Gasteiger partial charge in [-0.25, -0.2) is 8.42 Å². The van der Waals surface area contributed by atoms with Crippen LogP contribution in [0.15, 0.2) is 33.7 Å². The van der Waals surface area contributed by atoms with E-state index in [4.69, 9.17) is 9.26 Å². The molecule has 0 atom stereocenters. The van der Waals surface area contributed by atoms with Crippen LogP contribution in [0, 0.1) is 13.8 Å². The number of aromatic nitrogens is 1. The number of esters is 1. The van der Waals surface area contributed by atoms with Crippen molar-refractivity contribution in [3.8, 4) is 0 Å². The predicted molar refractivity (Wildman–Crippen MR) is 91.5 cm³/mol. The van der Waals surface area contributed by atoms with Crippen LogP contribution in [0.5, 0.6) is 0 Å². The van der Waals surface area contributed by atoms with E-state index in [1.165, 1.54) is 19.4 Å². The smallest absolute Gasteiger partial charge is 0.321 e. The summed E-state index contributed by atoms with van der Waals surface area (Å²) >= 11 is 0. The Morgan fingerprint density at radius 1 is 1.24 bits per heavy atom. The maximum atomic E-state index is 12.2. The number of sulfonamides is 1. The van der Waals surface area contributed by atoms with E-state index in [2.05, 4.69) is 23.7 Å². The van der Waals surface area contributed by atoms with Gasteiger partial charge in [-0.2, -0.15) is 4.72 Å². The van der Waals surface area contributed by atoms with Gasteiger partial charge in [-0.05, 0) is 30.9 Å². The van der Waals surface area contributed by atoms with Gasteiger partial charge in [0.1, 0.15) is 23.7 Å².